The van der Waals surface area contributed by atoms with E-state index in [9.17, 15) is 4.79 Å². The molecule has 0 radical (unpaired) electrons. The lowest BCUT2D eigenvalue weighted by Crippen LogP contribution is -1.95. The number of benzene rings is 1. The number of para-hydroxylation sites is 1. The average molecular weight is 213 g/mol. The fourth-order valence-corrected chi connectivity index (χ4v) is 1.27. The number of hydrogen-bond acceptors (Lipinski definition) is 3. The van der Waals surface area contributed by atoms with Gasteiger partial charge in [-0.2, -0.15) is 0 Å². The zero-order chi connectivity index (χ0) is 11.4. The van der Waals surface area contributed by atoms with Crippen molar-refractivity contribution in [3.8, 4) is 11.5 Å². The zero-order valence-corrected chi connectivity index (χ0v) is 8.88. The zero-order valence-electron chi connectivity index (χ0n) is 8.88. The highest BCUT2D eigenvalue weighted by Crippen LogP contribution is 2.19. The van der Waals surface area contributed by atoms with E-state index in [-0.39, 0.29) is 5.78 Å². The molecule has 0 atom stereocenters. The minimum Gasteiger partial charge on any atom is -0.456 e. The maximum Gasteiger partial charge on any atom is 0.178 e. The molecular formula is C13H11NO2. The molecule has 0 spiro atoms. The quantitative estimate of drug-likeness (QED) is 0.735. The first-order chi connectivity index (χ1) is 7.75. The normalized spacial score (nSPS) is 9.81. The maximum atomic E-state index is 11.0. The van der Waals surface area contributed by atoms with Gasteiger partial charge < -0.3 is 4.74 Å². The fourth-order valence-electron chi connectivity index (χ4n) is 1.27. The monoisotopic (exact) mass is 213 g/mol. The van der Waals surface area contributed by atoms with E-state index in [1.54, 1.807) is 18.3 Å². The van der Waals surface area contributed by atoms with Crippen LogP contribution in [0.5, 0.6) is 11.5 Å². The van der Waals surface area contributed by atoms with Crippen molar-refractivity contribution in [1.82, 2.24) is 4.98 Å². The van der Waals surface area contributed by atoms with Gasteiger partial charge in [-0.25, -0.2) is 4.98 Å². The lowest BCUT2D eigenvalue weighted by atomic mass is 10.3. The molecule has 2 rings (SSSR count). The van der Waals surface area contributed by atoms with E-state index < -0.39 is 0 Å². The Bertz CT molecular complexity index is 477. The first kappa shape index (κ1) is 10.4. The molecule has 3 heteroatoms. The average Bonchev–Trinajstić information content (AvgIpc) is 2.31. The largest absolute Gasteiger partial charge is 0.456 e. The summed E-state index contributed by atoms with van der Waals surface area (Å²) < 4.78 is 5.54. The number of nitrogens with zero attached hydrogens (tertiary/aromatic N) is 1. The van der Waals surface area contributed by atoms with E-state index in [4.69, 9.17) is 4.74 Å². The van der Waals surface area contributed by atoms with Crippen LogP contribution in [0.4, 0.5) is 0 Å². The number of ketones is 1. The summed E-state index contributed by atoms with van der Waals surface area (Å²) in [5.74, 6) is 1.32. The Morgan fingerprint density at radius 2 is 1.81 bits per heavy atom. The van der Waals surface area contributed by atoms with Crippen LogP contribution in [0, 0.1) is 0 Å². The molecule has 2 aromatic rings. The Hall–Kier alpha value is -2.16. The second-order valence-electron chi connectivity index (χ2n) is 3.35. The molecular weight excluding hydrogens is 202 g/mol. The van der Waals surface area contributed by atoms with Crippen LogP contribution in [-0.4, -0.2) is 10.8 Å². The van der Waals surface area contributed by atoms with Crippen molar-refractivity contribution >= 4 is 5.78 Å². The van der Waals surface area contributed by atoms with Crippen molar-refractivity contribution in [3.63, 3.8) is 0 Å². The summed E-state index contributed by atoms with van der Waals surface area (Å²) in [6, 6.07) is 12.8. The lowest BCUT2D eigenvalue weighted by molar-refractivity contribution is 0.101. The van der Waals surface area contributed by atoms with Crippen molar-refractivity contribution in [2.24, 2.45) is 0 Å². The van der Waals surface area contributed by atoms with Crippen LogP contribution in [0.3, 0.4) is 0 Å². The van der Waals surface area contributed by atoms with E-state index in [2.05, 4.69) is 4.98 Å². The standard InChI is InChI=1S/C13H11NO2/c1-10(15)13-8-7-12(9-14-13)16-11-5-3-2-4-6-11/h2-9H,1H3. The van der Waals surface area contributed by atoms with Gasteiger partial charge in [-0.3, -0.25) is 4.79 Å². The Morgan fingerprint density at radius 1 is 1.06 bits per heavy atom. The number of carbonyl (C=O) groups is 1. The predicted octanol–water partition coefficient (Wildman–Crippen LogP) is 3.08. The molecule has 80 valence electrons. The Morgan fingerprint density at radius 3 is 2.38 bits per heavy atom. The molecule has 1 heterocycles. The molecule has 0 unspecified atom stereocenters. The van der Waals surface area contributed by atoms with Crippen molar-refractivity contribution < 1.29 is 9.53 Å². The Balaban J connectivity index is 2.14. The molecule has 0 saturated heterocycles. The fraction of sp³-hybridized carbons (Fsp3) is 0.0769. The third-order valence-electron chi connectivity index (χ3n) is 2.08. The van der Waals surface area contributed by atoms with Gasteiger partial charge in [0.05, 0.1) is 6.20 Å². The molecule has 1 aromatic carbocycles. The van der Waals surface area contributed by atoms with Gasteiger partial charge in [0.25, 0.3) is 0 Å². The summed E-state index contributed by atoms with van der Waals surface area (Å²) in [5.41, 5.74) is 0.445. The molecule has 0 aliphatic carbocycles. The summed E-state index contributed by atoms with van der Waals surface area (Å²) in [5, 5.41) is 0. The molecule has 16 heavy (non-hydrogen) atoms. The molecule has 0 amide bonds. The molecule has 0 aliphatic heterocycles. The van der Waals surface area contributed by atoms with Crippen LogP contribution in [0.25, 0.3) is 0 Å². The van der Waals surface area contributed by atoms with E-state index >= 15 is 0 Å². The molecule has 0 saturated carbocycles. The van der Waals surface area contributed by atoms with E-state index in [0.29, 0.717) is 11.4 Å². The first-order valence-electron chi connectivity index (χ1n) is 4.95. The maximum absolute atomic E-state index is 11.0. The number of rotatable bonds is 3. The van der Waals surface area contributed by atoms with E-state index in [0.717, 1.165) is 5.75 Å². The highest BCUT2D eigenvalue weighted by Gasteiger charge is 2.01. The molecule has 0 bridgehead atoms. The predicted molar refractivity (Wildman–Crippen MR) is 60.8 cm³/mol. The summed E-state index contributed by atoms with van der Waals surface area (Å²) in [7, 11) is 0. The molecule has 3 nitrogen and oxygen atoms in total. The van der Waals surface area contributed by atoms with Gasteiger partial charge >= 0.3 is 0 Å². The topological polar surface area (TPSA) is 39.2 Å². The van der Waals surface area contributed by atoms with Crippen LogP contribution < -0.4 is 4.74 Å². The highest BCUT2D eigenvalue weighted by molar-refractivity contribution is 5.92. The number of aromatic nitrogens is 1. The summed E-state index contributed by atoms with van der Waals surface area (Å²) in [4.78, 5) is 15.0. The van der Waals surface area contributed by atoms with Crippen molar-refractivity contribution in [3.05, 3.63) is 54.4 Å². The summed E-state index contributed by atoms with van der Waals surface area (Å²) in [6.07, 6.45) is 1.55. The van der Waals surface area contributed by atoms with Gasteiger partial charge in [-0.05, 0) is 24.3 Å². The van der Waals surface area contributed by atoms with Crippen LogP contribution in [0.1, 0.15) is 17.4 Å². The number of hydrogen-bond donors (Lipinski definition) is 0. The van der Waals surface area contributed by atoms with Crippen LogP contribution in [-0.2, 0) is 0 Å². The Labute approximate surface area is 93.7 Å². The second kappa shape index (κ2) is 4.57. The molecule has 0 fully saturated rings. The number of ether oxygens (including phenoxy) is 1. The molecule has 0 N–H and O–H groups in total. The SMILES string of the molecule is CC(=O)c1ccc(Oc2ccccc2)cn1. The number of Topliss-reactive ketones (excluding diaryl/α,β-unsaturated/α-hetero) is 1. The van der Waals surface area contributed by atoms with Gasteiger partial charge in [-0.1, -0.05) is 18.2 Å². The van der Waals surface area contributed by atoms with Crippen molar-refractivity contribution in [2.45, 2.75) is 6.92 Å². The highest BCUT2D eigenvalue weighted by atomic mass is 16.5. The summed E-state index contributed by atoms with van der Waals surface area (Å²) >= 11 is 0. The van der Waals surface area contributed by atoms with Crippen LogP contribution in [0.15, 0.2) is 48.7 Å². The van der Waals surface area contributed by atoms with Gasteiger partial charge in [0.1, 0.15) is 17.2 Å². The number of pyridine rings is 1. The molecule has 1 aromatic heterocycles. The van der Waals surface area contributed by atoms with Crippen LogP contribution in [0.2, 0.25) is 0 Å². The van der Waals surface area contributed by atoms with E-state index in [1.165, 1.54) is 6.92 Å². The lowest BCUT2D eigenvalue weighted by Gasteiger charge is -2.04. The Kier molecular flexibility index (Phi) is 2.96. The summed E-state index contributed by atoms with van der Waals surface area (Å²) in [6.45, 7) is 1.49. The third-order valence-corrected chi connectivity index (χ3v) is 2.08. The van der Waals surface area contributed by atoms with E-state index in [1.807, 2.05) is 30.3 Å². The van der Waals surface area contributed by atoms with Gasteiger partial charge in [0.2, 0.25) is 0 Å². The van der Waals surface area contributed by atoms with Gasteiger partial charge in [-0.15, -0.1) is 0 Å². The minimum absolute atomic E-state index is 0.0498. The first-order valence-corrected chi connectivity index (χ1v) is 4.95. The third kappa shape index (κ3) is 2.45. The van der Waals surface area contributed by atoms with Crippen LogP contribution >= 0.6 is 0 Å². The smallest absolute Gasteiger partial charge is 0.178 e. The number of carbonyl (C=O) groups excluding carboxylic acids is 1. The van der Waals surface area contributed by atoms with Gasteiger partial charge in [0, 0.05) is 6.92 Å². The van der Waals surface area contributed by atoms with Gasteiger partial charge in [0.15, 0.2) is 5.78 Å². The minimum atomic E-state index is -0.0498. The second-order valence-corrected chi connectivity index (χ2v) is 3.35. The van der Waals surface area contributed by atoms with Crippen molar-refractivity contribution in [1.29, 1.82) is 0 Å². The molecule has 0 aliphatic rings. The van der Waals surface area contributed by atoms with Crippen molar-refractivity contribution in [2.75, 3.05) is 0 Å².